The first-order chi connectivity index (χ1) is 8.26. The summed E-state index contributed by atoms with van der Waals surface area (Å²) in [6.07, 6.45) is 1.55. The molecule has 0 bridgehead atoms. The van der Waals surface area contributed by atoms with Gasteiger partial charge in [0.05, 0.1) is 5.41 Å². The van der Waals surface area contributed by atoms with Crippen LogP contribution in [0.5, 0.6) is 0 Å². The number of nitrogens with one attached hydrogen (secondary N) is 2. The molecule has 1 amide bonds. The lowest BCUT2D eigenvalue weighted by molar-refractivity contribution is -0.124. The van der Waals surface area contributed by atoms with E-state index in [-0.39, 0.29) is 24.0 Å². The molecule has 1 heterocycles. The molecule has 1 aromatic rings. The molecule has 1 spiro atoms. The molecule has 0 atom stereocenters. The number of halogens is 1. The van der Waals surface area contributed by atoms with Crippen molar-refractivity contribution in [3.05, 3.63) is 29.8 Å². The normalized spacial score (nSPS) is 29.9. The van der Waals surface area contributed by atoms with Gasteiger partial charge in [-0.05, 0) is 24.5 Å². The molecule has 0 unspecified atom stereocenters. The number of hydrogen-bond acceptors (Lipinski definition) is 2. The number of fused-ring (bicyclic) bond motifs is 2. The average Bonchev–Trinajstić information content (AvgIpc) is 2.57. The van der Waals surface area contributed by atoms with Gasteiger partial charge in [-0.2, -0.15) is 0 Å². The van der Waals surface area contributed by atoms with E-state index in [0.29, 0.717) is 6.54 Å². The van der Waals surface area contributed by atoms with Crippen LogP contribution in [0.15, 0.2) is 24.3 Å². The van der Waals surface area contributed by atoms with E-state index in [1.54, 1.807) is 0 Å². The Balaban J connectivity index is 1.79. The monoisotopic (exact) mass is 234 g/mol. The maximum Gasteiger partial charge on any atom is 0.235 e. The van der Waals surface area contributed by atoms with Crippen LogP contribution >= 0.6 is 0 Å². The predicted molar refractivity (Wildman–Crippen MR) is 63.7 cm³/mol. The molecule has 90 valence electrons. The van der Waals surface area contributed by atoms with Gasteiger partial charge in [-0.3, -0.25) is 4.79 Å². The molecule has 17 heavy (non-hydrogen) atoms. The van der Waals surface area contributed by atoms with Crippen molar-refractivity contribution in [3.63, 3.8) is 0 Å². The second-order valence-corrected chi connectivity index (χ2v) is 4.83. The molecule has 1 fully saturated rings. The number of anilines is 1. The van der Waals surface area contributed by atoms with E-state index in [4.69, 9.17) is 0 Å². The van der Waals surface area contributed by atoms with Crippen molar-refractivity contribution in [2.24, 2.45) is 0 Å². The minimum absolute atomic E-state index is 0.0944. The van der Waals surface area contributed by atoms with Crippen molar-refractivity contribution < 1.29 is 9.18 Å². The molecule has 3 rings (SSSR count). The van der Waals surface area contributed by atoms with Gasteiger partial charge in [0.25, 0.3) is 0 Å². The molecule has 1 aromatic carbocycles. The summed E-state index contributed by atoms with van der Waals surface area (Å²) in [7, 11) is 0. The van der Waals surface area contributed by atoms with Crippen molar-refractivity contribution in [2.45, 2.75) is 24.3 Å². The first-order valence-corrected chi connectivity index (χ1v) is 5.96. The lowest BCUT2D eigenvalue weighted by Gasteiger charge is -2.43. The Labute approximate surface area is 99.4 Å². The Kier molecular flexibility index (Phi) is 2.40. The second-order valence-electron chi connectivity index (χ2n) is 4.83. The van der Waals surface area contributed by atoms with E-state index in [2.05, 4.69) is 10.6 Å². The summed E-state index contributed by atoms with van der Waals surface area (Å²) in [4.78, 5) is 12.0. The number of hydrogen-bond donors (Lipinski definition) is 2. The third-order valence-electron chi connectivity index (χ3n) is 3.84. The summed E-state index contributed by atoms with van der Waals surface area (Å²) in [5.41, 5.74) is 1.68. The molecule has 1 aliphatic heterocycles. The quantitative estimate of drug-likeness (QED) is 0.834. The molecule has 2 aliphatic rings. The number of benzene rings is 1. The van der Waals surface area contributed by atoms with Crippen LogP contribution in [-0.4, -0.2) is 25.2 Å². The maximum absolute atomic E-state index is 12.1. The topological polar surface area (TPSA) is 41.1 Å². The lowest BCUT2D eigenvalue weighted by Crippen LogP contribution is -2.55. The predicted octanol–water partition coefficient (Wildman–Crippen LogP) is 1.60. The fourth-order valence-corrected chi connectivity index (χ4v) is 2.96. The second kappa shape index (κ2) is 3.81. The Hall–Kier alpha value is -1.42. The zero-order chi connectivity index (χ0) is 11.9. The first-order valence-electron chi connectivity index (χ1n) is 5.96. The Bertz CT molecular complexity index is 454. The Morgan fingerprint density at radius 3 is 2.94 bits per heavy atom. The molecular weight excluding hydrogens is 219 g/mol. The molecule has 0 saturated heterocycles. The van der Waals surface area contributed by atoms with Gasteiger partial charge in [-0.15, -0.1) is 0 Å². The first kappa shape index (κ1) is 10.7. The van der Waals surface area contributed by atoms with Crippen LogP contribution in [0.4, 0.5) is 10.1 Å². The molecular formula is C13H15FN2O. The van der Waals surface area contributed by atoms with Crippen molar-refractivity contribution in [2.75, 3.05) is 18.5 Å². The number of amides is 1. The van der Waals surface area contributed by atoms with Crippen LogP contribution in [0.2, 0.25) is 0 Å². The van der Waals surface area contributed by atoms with Crippen LogP contribution in [0.1, 0.15) is 18.4 Å². The standard InChI is InChI=1S/C13H15FN2O/c14-5-6-15-9-7-13(8-9)10-3-1-2-4-11(10)16-12(13)17/h1-4,9,15H,5-8H2,(H,16,17). The molecule has 0 aromatic heterocycles. The summed E-state index contributed by atoms with van der Waals surface area (Å²) >= 11 is 0. The smallest absolute Gasteiger partial charge is 0.235 e. The van der Waals surface area contributed by atoms with E-state index in [1.165, 1.54) is 0 Å². The molecule has 3 nitrogen and oxygen atoms in total. The van der Waals surface area contributed by atoms with E-state index in [0.717, 1.165) is 24.1 Å². The van der Waals surface area contributed by atoms with Gasteiger partial charge in [0.1, 0.15) is 6.67 Å². The molecule has 4 heteroatoms. The highest BCUT2D eigenvalue weighted by molar-refractivity contribution is 6.07. The number of carbonyl (C=O) groups excluding carboxylic acids is 1. The third-order valence-corrected chi connectivity index (χ3v) is 3.84. The van der Waals surface area contributed by atoms with Crippen molar-refractivity contribution in [3.8, 4) is 0 Å². The van der Waals surface area contributed by atoms with Crippen molar-refractivity contribution >= 4 is 11.6 Å². The third kappa shape index (κ3) is 1.47. The van der Waals surface area contributed by atoms with E-state index >= 15 is 0 Å². The fraction of sp³-hybridized carbons (Fsp3) is 0.462. The average molecular weight is 234 g/mol. The van der Waals surface area contributed by atoms with Crippen molar-refractivity contribution in [1.82, 2.24) is 5.32 Å². The molecule has 2 N–H and O–H groups in total. The van der Waals surface area contributed by atoms with Crippen LogP contribution in [0.25, 0.3) is 0 Å². The van der Waals surface area contributed by atoms with Gasteiger partial charge in [-0.1, -0.05) is 18.2 Å². The Morgan fingerprint density at radius 2 is 2.18 bits per heavy atom. The zero-order valence-corrected chi connectivity index (χ0v) is 9.50. The number of alkyl halides is 1. The van der Waals surface area contributed by atoms with Gasteiger partial charge in [0, 0.05) is 18.3 Å². The van der Waals surface area contributed by atoms with Crippen molar-refractivity contribution in [1.29, 1.82) is 0 Å². The highest BCUT2D eigenvalue weighted by atomic mass is 19.1. The van der Waals surface area contributed by atoms with E-state index < -0.39 is 0 Å². The molecule has 0 radical (unpaired) electrons. The number of para-hydroxylation sites is 1. The number of rotatable bonds is 3. The fourth-order valence-electron chi connectivity index (χ4n) is 2.96. The number of carbonyl (C=O) groups is 1. The van der Waals surface area contributed by atoms with Crippen LogP contribution in [0, 0.1) is 0 Å². The summed E-state index contributed by atoms with van der Waals surface area (Å²) in [6, 6.07) is 8.10. The summed E-state index contributed by atoms with van der Waals surface area (Å²) in [5.74, 6) is 0.0944. The van der Waals surface area contributed by atoms with Gasteiger partial charge >= 0.3 is 0 Å². The highest BCUT2D eigenvalue weighted by Gasteiger charge is 2.55. The minimum atomic E-state index is -0.357. The summed E-state index contributed by atoms with van der Waals surface area (Å²) in [5, 5.41) is 6.04. The Morgan fingerprint density at radius 1 is 1.41 bits per heavy atom. The van der Waals surface area contributed by atoms with Gasteiger partial charge < -0.3 is 10.6 Å². The molecule has 1 aliphatic carbocycles. The maximum atomic E-state index is 12.1. The zero-order valence-electron chi connectivity index (χ0n) is 9.50. The minimum Gasteiger partial charge on any atom is -0.325 e. The summed E-state index contributed by atoms with van der Waals surface area (Å²) in [6.45, 7) is 0.0241. The van der Waals surface area contributed by atoms with Gasteiger partial charge in [-0.25, -0.2) is 4.39 Å². The van der Waals surface area contributed by atoms with E-state index in [9.17, 15) is 9.18 Å². The van der Waals surface area contributed by atoms with E-state index in [1.807, 2.05) is 24.3 Å². The lowest BCUT2D eigenvalue weighted by atomic mass is 9.62. The van der Waals surface area contributed by atoms with Crippen LogP contribution < -0.4 is 10.6 Å². The summed E-state index contributed by atoms with van der Waals surface area (Å²) < 4.78 is 12.1. The van der Waals surface area contributed by atoms with Gasteiger partial charge in [0.2, 0.25) is 5.91 Å². The van der Waals surface area contributed by atoms with Crippen LogP contribution in [-0.2, 0) is 10.2 Å². The highest BCUT2D eigenvalue weighted by Crippen LogP contribution is 2.50. The van der Waals surface area contributed by atoms with Crippen LogP contribution in [0.3, 0.4) is 0 Å². The van der Waals surface area contributed by atoms with Gasteiger partial charge in [0.15, 0.2) is 0 Å². The molecule has 1 saturated carbocycles. The largest absolute Gasteiger partial charge is 0.325 e. The SMILES string of the molecule is O=C1Nc2ccccc2C12CC(NCCF)C2.